The molecule has 5 nitrogen and oxygen atoms in total. The van der Waals surface area contributed by atoms with E-state index in [-0.39, 0.29) is 17.6 Å². The smallest absolute Gasteiger partial charge is 0.341 e. The van der Waals surface area contributed by atoms with Crippen molar-refractivity contribution in [2.24, 2.45) is 0 Å². The van der Waals surface area contributed by atoms with E-state index >= 15 is 0 Å². The van der Waals surface area contributed by atoms with Gasteiger partial charge in [0.2, 0.25) is 5.91 Å². The van der Waals surface area contributed by atoms with Crippen LogP contribution >= 0.6 is 23.1 Å². The molecular weight excluding hydrogens is 404 g/mol. The fraction of sp³-hybridized carbons (Fsp3) is 0.318. The van der Waals surface area contributed by atoms with Crippen LogP contribution in [0.4, 0.5) is 5.00 Å². The van der Waals surface area contributed by atoms with Crippen molar-refractivity contribution in [1.82, 2.24) is 4.98 Å². The fourth-order valence-electron chi connectivity index (χ4n) is 3.50. The Morgan fingerprint density at radius 3 is 2.86 bits per heavy atom. The molecule has 7 heteroatoms. The highest BCUT2D eigenvalue weighted by atomic mass is 32.2. The number of carbonyl (C=O) groups is 2. The number of fused-ring (bicyclic) bond motifs is 2. The number of benzene rings is 1. The molecule has 0 bridgehead atoms. The van der Waals surface area contributed by atoms with Crippen molar-refractivity contribution in [2.75, 3.05) is 17.7 Å². The topological polar surface area (TPSA) is 68.3 Å². The van der Waals surface area contributed by atoms with E-state index in [4.69, 9.17) is 4.74 Å². The normalized spacial score (nSPS) is 13.1. The summed E-state index contributed by atoms with van der Waals surface area (Å²) in [4.78, 5) is 30.9. The standard InChI is InChI=1S/C22H22N2O3S2/c1-2-27-22(26)20-15-8-4-6-10-17(15)29-21(20)24-18(25)13-28-19-12-11-14-7-3-5-9-16(14)23-19/h3,5,7,9,11-12H,2,4,6,8,10,13H2,1H3,(H,24,25). The molecule has 0 saturated heterocycles. The third-order valence-corrected chi connectivity index (χ3v) is 6.96. The molecule has 150 valence electrons. The lowest BCUT2D eigenvalue weighted by Gasteiger charge is -2.12. The Labute approximate surface area is 177 Å². The molecule has 29 heavy (non-hydrogen) atoms. The number of thiophene rings is 1. The van der Waals surface area contributed by atoms with Crippen molar-refractivity contribution in [3.63, 3.8) is 0 Å². The van der Waals surface area contributed by atoms with Gasteiger partial charge in [-0.15, -0.1) is 11.3 Å². The molecule has 0 spiro atoms. The Kier molecular flexibility index (Phi) is 6.16. The number of para-hydroxylation sites is 1. The Bertz CT molecular complexity index is 1060. The van der Waals surface area contributed by atoms with Crippen molar-refractivity contribution in [3.8, 4) is 0 Å². The molecule has 1 N–H and O–H groups in total. The highest BCUT2D eigenvalue weighted by Crippen LogP contribution is 2.38. The summed E-state index contributed by atoms with van der Waals surface area (Å²) in [5.74, 6) is -0.254. The van der Waals surface area contributed by atoms with Gasteiger partial charge in [-0.2, -0.15) is 0 Å². The van der Waals surface area contributed by atoms with Crippen molar-refractivity contribution in [1.29, 1.82) is 0 Å². The Morgan fingerprint density at radius 2 is 2.00 bits per heavy atom. The molecule has 0 radical (unpaired) electrons. The fourth-order valence-corrected chi connectivity index (χ4v) is 5.47. The minimum atomic E-state index is -0.342. The largest absolute Gasteiger partial charge is 0.462 e. The molecule has 0 fully saturated rings. The SMILES string of the molecule is CCOC(=O)c1c(NC(=O)CSc2ccc3ccccc3n2)sc2c1CCCC2. The van der Waals surface area contributed by atoms with Gasteiger partial charge >= 0.3 is 5.97 Å². The molecule has 0 aliphatic heterocycles. The molecule has 2 aromatic heterocycles. The summed E-state index contributed by atoms with van der Waals surface area (Å²) in [6, 6.07) is 11.8. The number of hydrogen-bond donors (Lipinski definition) is 1. The van der Waals surface area contributed by atoms with Gasteiger partial charge in [-0.3, -0.25) is 4.79 Å². The minimum Gasteiger partial charge on any atom is -0.462 e. The minimum absolute atomic E-state index is 0.144. The summed E-state index contributed by atoms with van der Waals surface area (Å²) in [5.41, 5.74) is 2.51. The average molecular weight is 427 g/mol. The van der Waals surface area contributed by atoms with Gasteiger partial charge in [-0.1, -0.05) is 36.0 Å². The van der Waals surface area contributed by atoms with E-state index in [1.807, 2.05) is 36.4 Å². The number of nitrogens with one attached hydrogen (secondary N) is 1. The van der Waals surface area contributed by atoms with Gasteiger partial charge in [0.1, 0.15) is 5.00 Å². The van der Waals surface area contributed by atoms with Crippen LogP contribution in [-0.2, 0) is 22.4 Å². The number of amides is 1. The van der Waals surface area contributed by atoms with Crippen LogP contribution in [0.5, 0.6) is 0 Å². The van der Waals surface area contributed by atoms with E-state index in [0.717, 1.165) is 47.2 Å². The number of ether oxygens (including phenoxy) is 1. The maximum atomic E-state index is 12.6. The van der Waals surface area contributed by atoms with Crippen LogP contribution in [-0.4, -0.2) is 29.2 Å². The molecule has 1 aromatic carbocycles. The first-order valence-corrected chi connectivity index (χ1v) is 11.6. The molecule has 1 aliphatic carbocycles. The van der Waals surface area contributed by atoms with E-state index in [9.17, 15) is 9.59 Å². The van der Waals surface area contributed by atoms with Gasteiger partial charge in [0.05, 0.1) is 28.5 Å². The molecular formula is C22H22N2O3S2. The van der Waals surface area contributed by atoms with Crippen LogP contribution in [0, 0.1) is 0 Å². The lowest BCUT2D eigenvalue weighted by atomic mass is 9.95. The zero-order valence-corrected chi connectivity index (χ0v) is 17.8. The van der Waals surface area contributed by atoms with Crippen LogP contribution in [0.15, 0.2) is 41.4 Å². The van der Waals surface area contributed by atoms with Gasteiger partial charge in [0.15, 0.2) is 0 Å². The number of carbonyl (C=O) groups excluding carboxylic acids is 2. The van der Waals surface area contributed by atoms with E-state index in [0.29, 0.717) is 17.2 Å². The second-order valence-corrected chi connectivity index (χ2v) is 8.92. The number of pyridine rings is 1. The summed E-state index contributed by atoms with van der Waals surface area (Å²) in [6.45, 7) is 2.11. The maximum Gasteiger partial charge on any atom is 0.341 e. The van der Waals surface area contributed by atoms with Crippen molar-refractivity contribution >= 4 is 50.9 Å². The summed E-state index contributed by atoms with van der Waals surface area (Å²) < 4.78 is 5.25. The molecule has 2 heterocycles. The van der Waals surface area contributed by atoms with Crippen molar-refractivity contribution in [3.05, 3.63) is 52.4 Å². The molecule has 0 atom stereocenters. The first-order chi connectivity index (χ1) is 14.2. The predicted molar refractivity (Wildman–Crippen MR) is 118 cm³/mol. The number of nitrogens with zero attached hydrogens (tertiary/aromatic N) is 1. The van der Waals surface area contributed by atoms with Gasteiger partial charge in [-0.05, 0) is 50.3 Å². The number of hydrogen-bond acceptors (Lipinski definition) is 6. The summed E-state index contributed by atoms with van der Waals surface area (Å²) in [6.07, 6.45) is 4.00. The zero-order valence-electron chi connectivity index (χ0n) is 16.2. The predicted octanol–water partition coefficient (Wildman–Crippen LogP) is 5.08. The monoisotopic (exact) mass is 426 g/mol. The highest BCUT2D eigenvalue weighted by Gasteiger charge is 2.27. The first kappa shape index (κ1) is 19.9. The van der Waals surface area contributed by atoms with Crippen molar-refractivity contribution in [2.45, 2.75) is 37.6 Å². The van der Waals surface area contributed by atoms with E-state index < -0.39 is 0 Å². The van der Waals surface area contributed by atoms with Crippen molar-refractivity contribution < 1.29 is 14.3 Å². The van der Waals surface area contributed by atoms with Gasteiger partial charge < -0.3 is 10.1 Å². The van der Waals surface area contributed by atoms with Crippen LogP contribution in [0.3, 0.4) is 0 Å². The van der Waals surface area contributed by atoms with Crippen LogP contribution in [0.25, 0.3) is 10.9 Å². The Morgan fingerprint density at radius 1 is 1.17 bits per heavy atom. The lowest BCUT2D eigenvalue weighted by molar-refractivity contribution is -0.113. The van der Waals surface area contributed by atoms with E-state index in [1.165, 1.54) is 28.0 Å². The van der Waals surface area contributed by atoms with E-state index in [2.05, 4.69) is 10.3 Å². The molecule has 4 rings (SSSR count). The zero-order chi connectivity index (χ0) is 20.2. The highest BCUT2D eigenvalue weighted by molar-refractivity contribution is 7.99. The summed E-state index contributed by atoms with van der Waals surface area (Å²) in [7, 11) is 0. The quantitative estimate of drug-likeness (QED) is 0.440. The number of thioether (sulfide) groups is 1. The molecule has 0 unspecified atom stereocenters. The third kappa shape index (κ3) is 4.46. The second kappa shape index (κ2) is 8.97. The van der Waals surface area contributed by atoms with Crippen LogP contribution < -0.4 is 5.32 Å². The van der Waals surface area contributed by atoms with Crippen LogP contribution in [0.1, 0.15) is 40.6 Å². The lowest BCUT2D eigenvalue weighted by Crippen LogP contribution is -2.17. The molecule has 0 saturated carbocycles. The Hall–Kier alpha value is -2.38. The number of rotatable bonds is 6. The van der Waals surface area contributed by atoms with Crippen LogP contribution in [0.2, 0.25) is 0 Å². The number of anilines is 1. The second-order valence-electron chi connectivity index (χ2n) is 6.81. The van der Waals surface area contributed by atoms with Gasteiger partial charge in [-0.25, -0.2) is 9.78 Å². The molecule has 1 aliphatic rings. The first-order valence-electron chi connectivity index (χ1n) is 9.76. The molecule has 1 amide bonds. The van der Waals surface area contributed by atoms with E-state index in [1.54, 1.807) is 6.92 Å². The average Bonchev–Trinajstić information content (AvgIpc) is 3.10. The summed E-state index contributed by atoms with van der Waals surface area (Å²) in [5, 5.41) is 5.44. The number of esters is 1. The van der Waals surface area contributed by atoms with Gasteiger partial charge in [0, 0.05) is 10.3 Å². The Balaban J connectivity index is 1.47. The number of aryl methyl sites for hydroxylation is 1. The summed E-state index contributed by atoms with van der Waals surface area (Å²) >= 11 is 2.90. The maximum absolute atomic E-state index is 12.6. The number of aromatic nitrogens is 1. The molecule has 3 aromatic rings. The third-order valence-electron chi connectivity index (χ3n) is 4.83. The van der Waals surface area contributed by atoms with Gasteiger partial charge in [0.25, 0.3) is 0 Å².